The predicted octanol–water partition coefficient (Wildman–Crippen LogP) is 1.67. The molecule has 0 aliphatic carbocycles. The monoisotopic (exact) mass is 264 g/mol. The molecule has 0 fully saturated rings. The largest absolute Gasteiger partial charge is 0.460 e. The van der Waals surface area contributed by atoms with E-state index < -0.39 is 18.0 Å². The Morgan fingerprint density at radius 3 is 2.53 bits per heavy atom. The summed E-state index contributed by atoms with van der Waals surface area (Å²) in [6, 6.07) is 8.42. The number of carbonyl (C=O) groups excluding carboxylic acids is 2. The molecule has 0 saturated carbocycles. The molecule has 0 radical (unpaired) electrons. The van der Waals surface area contributed by atoms with Crippen LogP contribution in [0, 0.1) is 0 Å². The molecule has 1 aromatic rings. The zero-order chi connectivity index (χ0) is 14.3. The van der Waals surface area contributed by atoms with Gasteiger partial charge in [-0.05, 0) is 26.0 Å². The minimum absolute atomic E-state index is 0.101. The SMILES string of the molecule is CC(=COC(=O)c1ccccc1)C(=O)OCC(C)O. The summed E-state index contributed by atoms with van der Waals surface area (Å²) in [6.07, 6.45) is 0.309. The van der Waals surface area contributed by atoms with Crippen molar-refractivity contribution >= 4 is 11.9 Å². The van der Waals surface area contributed by atoms with Gasteiger partial charge in [0.05, 0.1) is 17.2 Å². The van der Waals surface area contributed by atoms with Gasteiger partial charge in [-0.3, -0.25) is 0 Å². The topological polar surface area (TPSA) is 72.8 Å². The van der Waals surface area contributed by atoms with Crippen LogP contribution in [0.15, 0.2) is 42.2 Å². The predicted molar refractivity (Wildman–Crippen MR) is 68.3 cm³/mol. The minimum atomic E-state index is -0.733. The number of ether oxygens (including phenoxy) is 2. The summed E-state index contributed by atoms with van der Waals surface area (Å²) in [6.45, 7) is 2.86. The maximum atomic E-state index is 11.6. The molecule has 0 heterocycles. The van der Waals surface area contributed by atoms with E-state index in [0.717, 1.165) is 6.26 Å². The van der Waals surface area contributed by atoms with Crippen LogP contribution in [-0.2, 0) is 14.3 Å². The molecule has 1 rings (SSSR count). The van der Waals surface area contributed by atoms with Crippen LogP contribution in [0.25, 0.3) is 0 Å². The highest BCUT2D eigenvalue weighted by atomic mass is 16.5. The molecular weight excluding hydrogens is 248 g/mol. The summed E-state index contributed by atoms with van der Waals surface area (Å²) in [5.74, 6) is -1.19. The molecule has 5 heteroatoms. The number of rotatable bonds is 5. The molecule has 0 aliphatic heterocycles. The fourth-order valence-corrected chi connectivity index (χ4v) is 1.14. The van der Waals surface area contributed by atoms with E-state index in [-0.39, 0.29) is 12.2 Å². The average molecular weight is 264 g/mol. The molecule has 19 heavy (non-hydrogen) atoms. The molecule has 0 spiro atoms. The van der Waals surface area contributed by atoms with Crippen LogP contribution in [0.2, 0.25) is 0 Å². The lowest BCUT2D eigenvalue weighted by Crippen LogP contribution is -2.16. The fraction of sp³-hybridized carbons (Fsp3) is 0.286. The molecule has 1 N–H and O–H groups in total. The van der Waals surface area contributed by atoms with Crippen LogP contribution in [-0.4, -0.2) is 29.8 Å². The average Bonchev–Trinajstić information content (AvgIpc) is 2.42. The van der Waals surface area contributed by atoms with E-state index in [4.69, 9.17) is 14.6 Å². The summed E-state index contributed by atoms with van der Waals surface area (Å²) in [4.78, 5) is 23.0. The standard InChI is InChI=1S/C14H16O5/c1-10(13(16)19-9-11(2)15)8-18-14(17)12-6-4-3-5-7-12/h3-8,11,15H,9H2,1-2H3. The highest BCUT2D eigenvalue weighted by Gasteiger charge is 2.10. The Balaban J connectivity index is 2.51. The Morgan fingerprint density at radius 1 is 1.32 bits per heavy atom. The fourth-order valence-electron chi connectivity index (χ4n) is 1.14. The van der Waals surface area contributed by atoms with Gasteiger partial charge in [0, 0.05) is 0 Å². The first kappa shape index (κ1) is 14.9. The van der Waals surface area contributed by atoms with Gasteiger partial charge in [-0.2, -0.15) is 0 Å². The van der Waals surface area contributed by atoms with Gasteiger partial charge in [-0.25, -0.2) is 9.59 Å². The summed E-state index contributed by atoms with van der Waals surface area (Å²) in [5, 5.41) is 8.97. The lowest BCUT2D eigenvalue weighted by atomic mass is 10.2. The number of benzene rings is 1. The first-order valence-electron chi connectivity index (χ1n) is 5.78. The van der Waals surface area contributed by atoms with E-state index >= 15 is 0 Å². The molecule has 0 bridgehead atoms. The van der Waals surface area contributed by atoms with Crippen molar-refractivity contribution in [3.63, 3.8) is 0 Å². The van der Waals surface area contributed by atoms with E-state index in [0.29, 0.717) is 5.56 Å². The number of aliphatic hydroxyl groups excluding tert-OH is 1. The third-order valence-corrected chi connectivity index (χ3v) is 2.13. The van der Waals surface area contributed by atoms with Gasteiger partial charge in [0.1, 0.15) is 12.9 Å². The van der Waals surface area contributed by atoms with E-state index in [1.165, 1.54) is 13.8 Å². The highest BCUT2D eigenvalue weighted by molar-refractivity contribution is 5.91. The molecule has 0 amide bonds. The summed E-state index contributed by atoms with van der Waals surface area (Å²) < 4.78 is 9.61. The number of hydrogen-bond donors (Lipinski definition) is 1. The summed E-state index contributed by atoms with van der Waals surface area (Å²) in [5.41, 5.74) is 0.536. The Kier molecular flexibility index (Phi) is 5.75. The number of carbonyl (C=O) groups is 2. The Hall–Kier alpha value is -2.14. The second-order valence-electron chi connectivity index (χ2n) is 4.02. The molecule has 102 valence electrons. The van der Waals surface area contributed by atoms with Crippen molar-refractivity contribution in [3.8, 4) is 0 Å². The van der Waals surface area contributed by atoms with Crippen LogP contribution in [0.5, 0.6) is 0 Å². The lowest BCUT2D eigenvalue weighted by Gasteiger charge is -2.06. The van der Waals surface area contributed by atoms with Crippen molar-refractivity contribution < 1.29 is 24.2 Å². The Labute approximate surface area is 111 Å². The van der Waals surface area contributed by atoms with Gasteiger partial charge in [-0.1, -0.05) is 18.2 Å². The summed E-state index contributed by atoms with van der Waals surface area (Å²) >= 11 is 0. The molecule has 0 saturated heterocycles. The van der Waals surface area contributed by atoms with Gasteiger partial charge in [-0.15, -0.1) is 0 Å². The Morgan fingerprint density at radius 2 is 1.95 bits per heavy atom. The van der Waals surface area contributed by atoms with Gasteiger partial charge < -0.3 is 14.6 Å². The van der Waals surface area contributed by atoms with Crippen LogP contribution in [0.4, 0.5) is 0 Å². The van der Waals surface area contributed by atoms with Crippen molar-refractivity contribution in [2.24, 2.45) is 0 Å². The van der Waals surface area contributed by atoms with Gasteiger partial charge in [0.2, 0.25) is 0 Å². The first-order valence-corrected chi connectivity index (χ1v) is 5.78. The second kappa shape index (κ2) is 7.33. The maximum Gasteiger partial charge on any atom is 0.342 e. The summed E-state index contributed by atoms with van der Waals surface area (Å²) in [7, 11) is 0. The zero-order valence-electron chi connectivity index (χ0n) is 10.8. The molecule has 0 aromatic heterocycles. The van der Waals surface area contributed by atoms with Crippen LogP contribution in [0.3, 0.4) is 0 Å². The van der Waals surface area contributed by atoms with E-state index in [2.05, 4.69) is 0 Å². The van der Waals surface area contributed by atoms with Crippen LogP contribution < -0.4 is 0 Å². The third kappa shape index (κ3) is 5.35. The van der Waals surface area contributed by atoms with Gasteiger partial charge in [0.25, 0.3) is 0 Å². The van der Waals surface area contributed by atoms with Gasteiger partial charge in [0.15, 0.2) is 0 Å². The number of aliphatic hydroxyl groups is 1. The number of hydrogen-bond acceptors (Lipinski definition) is 5. The number of esters is 2. The lowest BCUT2D eigenvalue weighted by molar-refractivity contribution is -0.141. The van der Waals surface area contributed by atoms with Gasteiger partial charge >= 0.3 is 11.9 Å². The maximum absolute atomic E-state index is 11.6. The van der Waals surface area contributed by atoms with E-state index in [1.54, 1.807) is 30.3 Å². The smallest absolute Gasteiger partial charge is 0.342 e. The molecule has 5 nitrogen and oxygen atoms in total. The first-order chi connectivity index (χ1) is 9.00. The van der Waals surface area contributed by atoms with Crippen molar-refractivity contribution in [1.29, 1.82) is 0 Å². The van der Waals surface area contributed by atoms with Crippen molar-refractivity contribution in [1.82, 2.24) is 0 Å². The van der Waals surface area contributed by atoms with Crippen molar-refractivity contribution in [2.75, 3.05) is 6.61 Å². The van der Waals surface area contributed by atoms with E-state index in [9.17, 15) is 9.59 Å². The molecule has 1 aromatic carbocycles. The molecular formula is C14H16O5. The van der Waals surface area contributed by atoms with Crippen LogP contribution in [0.1, 0.15) is 24.2 Å². The van der Waals surface area contributed by atoms with Crippen molar-refractivity contribution in [3.05, 3.63) is 47.7 Å². The molecule has 1 atom stereocenters. The molecule has 1 unspecified atom stereocenters. The normalized spacial score (nSPS) is 12.7. The second-order valence-corrected chi connectivity index (χ2v) is 4.02. The minimum Gasteiger partial charge on any atom is -0.460 e. The Bertz CT molecular complexity index is 462. The molecule has 0 aliphatic rings. The zero-order valence-corrected chi connectivity index (χ0v) is 10.8. The quantitative estimate of drug-likeness (QED) is 0.497. The van der Waals surface area contributed by atoms with Crippen LogP contribution >= 0.6 is 0 Å². The van der Waals surface area contributed by atoms with Crippen molar-refractivity contribution in [2.45, 2.75) is 20.0 Å². The highest BCUT2D eigenvalue weighted by Crippen LogP contribution is 2.04. The third-order valence-electron chi connectivity index (χ3n) is 2.13. The van der Waals surface area contributed by atoms with E-state index in [1.807, 2.05) is 0 Å².